The van der Waals surface area contributed by atoms with Gasteiger partial charge in [-0.1, -0.05) is 54.6 Å². The van der Waals surface area contributed by atoms with Crippen molar-refractivity contribution in [3.8, 4) is 22.5 Å². The van der Waals surface area contributed by atoms with Crippen LogP contribution in [0.5, 0.6) is 0 Å². The van der Waals surface area contributed by atoms with E-state index in [0.717, 1.165) is 36.0 Å². The lowest BCUT2D eigenvalue weighted by Crippen LogP contribution is -2.43. The minimum atomic E-state index is -0.417. The maximum absolute atomic E-state index is 13.3. The smallest absolute Gasteiger partial charge is 0.262 e. The number of nitrogens with zero attached hydrogens (tertiary/aromatic N) is 1. The summed E-state index contributed by atoms with van der Waals surface area (Å²) in [5, 5.41) is 12.1. The number of benzene rings is 2. The number of hydrogen-bond donors (Lipinski definition) is 3. The Balaban J connectivity index is 1.75. The summed E-state index contributed by atoms with van der Waals surface area (Å²) in [4.78, 5) is 26.2. The van der Waals surface area contributed by atoms with Crippen LogP contribution in [-0.2, 0) is 12.6 Å². The number of hydrogen-bond acceptors (Lipinski definition) is 5. The highest BCUT2D eigenvalue weighted by molar-refractivity contribution is 6.10. The molecule has 4 aromatic rings. The van der Waals surface area contributed by atoms with Gasteiger partial charge in [0.15, 0.2) is 5.58 Å². The van der Waals surface area contributed by atoms with Crippen LogP contribution in [0.25, 0.3) is 33.4 Å². The monoisotopic (exact) mass is 457 g/mol. The first-order valence-electron chi connectivity index (χ1n) is 11.4. The third-order valence-corrected chi connectivity index (χ3v) is 6.68. The molecule has 174 valence electrons. The van der Waals surface area contributed by atoms with Gasteiger partial charge in [-0.15, -0.1) is 0 Å². The van der Waals surface area contributed by atoms with Crippen LogP contribution in [0.3, 0.4) is 0 Å². The number of carbonyl (C=O) groups is 1. The van der Waals surface area contributed by atoms with E-state index in [1.54, 1.807) is 7.05 Å². The molecule has 1 aliphatic carbocycles. The Bertz CT molecular complexity index is 1410. The van der Waals surface area contributed by atoms with Gasteiger partial charge in [0.1, 0.15) is 5.76 Å². The molecule has 5 rings (SSSR count). The molecule has 0 saturated heterocycles. The molecule has 2 aromatic heterocycles. The zero-order valence-corrected chi connectivity index (χ0v) is 19.0. The number of aliphatic hydroxyl groups is 1. The van der Waals surface area contributed by atoms with Crippen molar-refractivity contribution >= 4 is 16.9 Å². The molecule has 0 bridgehead atoms. The molecule has 34 heavy (non-hydrogen) atoms. The lowest BCUT2D eigenvalue weighted by Gasteiger charge is -2.38. The number of furan rings is 1. The van der Waals surface area contributed by atoms with Crippen molar-refractivity contribution < 1.29 is 14.3 Å². The van der Waals surface area contributed by atoms with Crippen molar-refractivity contribution in [1.82, 2.24) is 9.88 Å². The number of aromatic nitrogens is 1. The molecule has 1 amide bonds. The Labute approximate surface area is 196 Å². The van der Waals surface area contributed by atoms with Gasteiger partial charge in [0.2, 0.25) is 0 Å². The van der Waals surface area contributed by atoms with Crippen LogP contribution in [0.2, 0.25) is 0 Å². The Morgan fingerprint density at radius 2 is 1.82 bits per heavy atom. The summed E-state index contributed by atoms with van der Waals surface area (Å²) in [5.74, 6) is 0.104. The van der Waals surface area contributed by atoms with E-state index >= 15 is 0 Å². The number of nitrogens with two attached hydrogens (primary N) is 1. The van der Waals surface area contributed by atoms with Gasteiger partial charge in [-0.05, 0) is 30.4 Å². The van der Waals surface area contributed by atoms with Gasteiger partial charge in [0, 0.05) is 36.5 Å². The number of rotatable bonds is 6. The molecule has 0 radical (unpaired) electrons. The van der Waals surface area contributed by atoms with Gasteiger partial charge >= 0.3 is 0 Å². The average Bonchev–Trinajstić information content (AvgIpc) is 3.24. The maximum Gasteiger partial charge on any atom is 0.262 e. The standard InChI is InChI=1S/C27H27N3O4/c1-30-16-20(25(32)29-14-15-31)24-22(26(30)33)21(17-6-3-2-4-7-17)23(34-24)18-8-10-19(11-9-18)27(28)12-5-13-27/h2-4,6-11,16,31H,5,12-15,28H2,1H3,(H,29,32). The van der Waals surface area contributed by atoms with E-state index < -0.39 is 5.91 Å². The fourth-order valence-corrected chi connectivity index (χ4v) is 4.62. The first-order valence-corrected chi connectivity index (χ1v) is 11.4. The quantitative estimate of drug-likeness (QED) is 0.410. The number of carbonyl (C=O) groups excluding carboxylic acids is 1. The Morgan fingerprint density at radius 3 is 2.44 bits per heavy atom. The summed E-state index contributed by atoms with van der Waals surface area (Å²) >= 11 is 0. The molecule has 0 spiro atoms. The lowest BCUT2D eigenvalue weighted by atomic mass is 9.72. The number of nitrogens with one attached hydrogen (secondary N) is 1. The van der Waals surface area contributed by atoms with Crippen LogP contribution >= 0.6 is 0 Å². The summed E-state index contributed by atoms with van der Waals surface area (Å²) in [6.07, 6.45) is 4.53. The van der Waals surface area contributed by atoms with Gasteiger partial charge in [-0.2, -0.15) is 0 Å². The van der Waals surface area contributed by atoms with Crippen molar-refractivity contribution in [1.29, 1.82) is 0 Å². The first kappa shape index (κ1) is 22.1. The normalized spacial score (nSPS) is 14.7. The molecule has 7 nitrogen and oxygen atoms in total. The van der Waals surface area contributed by atoms with Gasteiger partial charge in [-0.25, -0.2) is 0 Å². The molecule has 2 heterocycles. The minimum absolute atomic E-state index is 0.102. The van der Waals surface area contributed by atoms with Crippen LogP contribution in [0.1, 0.15) is 35.2 Å². The minimum Gasteiger partial charge on any atom is -0.454 e. The highest BCUT2D eigenvalue weighted by Crippen LogP contribution is 2.42. The molecule has 1 fully saturated rings. The van der Waals surface area contributed by atoms with Crippen LogP contribution < -0.4 is 16.6 Å². The van der Waals surface area contributed by atoms with E-state index in [9.17, 15) is 9.59 Å². The van der Waals surface area contributed by atoms with E-state index in [-0.39, 0.29) is 35.4 Å². The van der Waals surface area contributed by atoms with E-state index in [1.807, 2.05) is 54.6 Å². The second-order valence-electron chi connectivity index (χ2n) is 8.90. The third kappa shape index (κ3) is 3.63. The Hall–Kier alpha value is -3.68. The van der Waals surface area contributed by atoms with Crippen molar-refractivity contribution in [2.24, 2.45) is 12.8 Å². The topological polar surface area (TPSA) is 110 Å². The summed E-state index contributed by atoms with van der Waals surface area (Å²) in [7, 11) is 1.61. The van der Waals surface area contributed by atoms with E-state index in [0.29, 0.717) is 16.7 Å². The van der Waals surface area contributed by atoms with Crippen molar-refractivity contribution in [2.45, 2.75) is 24.8 Å². The van der Waals surface area contributed by atoms with Crippen LogP contribution in [0.4, 0.5) is 0 Å². The average molecular weight is 458 g/mol. The Morgan fingerprint density at radius 1 is 1.12 bits per heavy atom. The molecule has 0 atom stereocenters. The Kier molecular flexibility index (Phi) is 5.59. The predicted octanol–water partition coefficient (Wildman–Crippen LogP) is 3.53. The highest BCUT2D eigenvalue weighted by atomic mass is 16.3. The van der Waals surface area contributed by atoms with Crippen molar-refractivity contribution in [2.75, 3.05) is 13.2 Å². The van der Waals surface area contributed by atoms with Crippen LogP contribution in [0.15, 0.2) is 70.0 Å². The third-order valence-electron chi connectivity index (χ3n) is 6.68. The summed E-state index contributed by atoms with van der Waals surface area (Å²) in [6.45, 7) is -0.0844. The molecule has 7 heteroatoms. The van der Waals surface area contributed by atoms with Gasteiger partial charge in [-0.3, -0.25) is 9.59 Å². The SMILES string of the molecule is Cn1cc(C(=O)NCCO)c2oc(-c3ccc(C4(N)CCC4)cc3)c(-c3ccccc3)c2c1=O. The first-order chi connectivity index (χ1) is 16.4. The fourth-order valence-electron chi connectivity index (χ4n) is 4.62. The number of amides is 1. The van der Waals surface area contributed by atoms with Crippen molar-refractivity contribution in [3.63, 3.8) is 0 Å². The highest BCUT2D eigenvalue weighted by Gasteiger charge is 2.34. The van der Waals surface area contributed by atoms with E-state index in [2.05, 4.69) is 5.32 Å². The second-order valence-corrected chi connectivity index (χ2v) is 8.90. The zero-order chi connectivity index (χ0) is 23.9. The van der Waals surface area contributed by atoms with E-state index in [1.165, 1.54) is 10.8 Å². The van der Waals surface area contributed by atoms with E-state index in [4.69, 9.17) is 15.3 Å². The molecule has 1 aliphatic rings. The van der Waals surface area contributed by atoms with Crippen molar-refractivity contribution in [3.05, 3.63) is 82.3 Å². The van der Waals surface area contributed by atoms with Gasteiger partial charge in [0.05, 0.1) is 17.6 Å². The largest absolute Gasteiger partial charge is 0.454 e. The van der Waals surface area contributed by atoms with Gasteiger partial charge < -0.3 is 25.1 Å². The molecule has 1 saturated carbocycles. The molecule has 2 aromatic carbocycles. The molecule has 0 aliphatic heterocycles. The molecular formula is C27H27N3O4. The molecule has 0 unspecified atom stereocenters. The zero-order valence-electron chi connectivity index (χ0n) is 19.0. The van der Waals surface area contributed by atoms with Crippen LogP contribution in [-0.4, -0.2) is 28.7 Å². The second kappa shape index (κ2) is 8.59. The number of pyridine rings is 1. The number of fused-ring (bicyclic) bond motifs is 1. The number of aliphatic hydroxyl groups excluding tert-OH is 1. The van der Waals surface area contributed by atoms with Gasteiger partial charge in [0.25, 0.3) is 11.5 Å². The molecular weight excluding hydrogens is 430 g/mol. The van der Waals surface area contributed by atoms with Crippen LogP contribution in [0, 0.1) is 0 Å². The summed E-state index contributed by atoms with van der Waals surface area (Å²) in [6, 6.07) is 17.5. The number of aryl methyl sites for hydroxylation is 1. The lowest BCUT2D eigenvalue weighted by molar-refractivity contribution is 0.0944. The predicted molar refractivity (Wildman–Crippen MR) is 131 cm³/mol. The summed E-state index contributed by atoms with van der Waals surface area (Å²) < 4.78 is 7.69. The maximum atomic E-state index is 13.3. The fraction of sp³-hybridized carbons (Fsp3) is 0.259. The molecule has 4 N–H and O–H groups in total. The summed E-state index contributed by atoms with van der Waals surface area (Å²) in [5.41, 5.74) is 9.77.